The van der Waals surface area contributed by atoms with E-state index in [9.17, 15) is 9.59 Å². The van der Waals surface area contributed by atoms with Crippen molar-refractivity contribution in [1.29, 1.82) is 0 Å². The molecule has 0 unspecified atom stereocenters. The highest BCUT2D eigenvalue weighted by molar-refractivity contribution is 6.04. The maximum absolute atomic E-state index is 9.92. The lowest BCUT2D eigenvalue weighted by Gasteiger charge is -1.99. The van der Waals surface area contributed by atoms with Gasteiger partial charge in [-0.05, 0) is 12.8 Å². The largest absolute Gasteiger partial charge is 0.396 e. The van der Waals surface area contributed by atoms with Gasteiger partial charge in [-0.1, -0.05) is 0 Å². The molecule has 0 aromatic carbocycles. The molecule has 0 spiro atoms. The van der Waals surface area contributed by atoms with Crippen molar-refractivity contribution < 1.29 is 29.3 Å². The minimum absolute atomic E-state index is 0.180. The van der Waals surface area contributed by atoms with Gasteiger partial charge in [-0.15, -0.1) is 0 Å². The van der Waals surface area contributed by atoms with Gasteiger partial charge in [-0.3, -0.25) is 0 Å². The summed E-state index contributed by atoms with van der Waals surface area (Å²) in [6.45, 7) is 1.55. The third-order valence-corrected chi connectivity index (χ3v) is 1.45. The van der Waals surface area contributed by atoms with Gasteiger partial charge >= 0.3 is 11.9 Å². The van der Waals surface area contributed by atoms with E-state index in [-0.39, 0.29) is 13.2 Å². The fraction of sp³-hybridized carbons (Fsp3) is 0.600. The molecule has 1 heterocycles. The number of carbonyl (C=O) groups is 2. The molecule has 0 fully saturated rings. The Morgan fingerprint density at radius 3 is 1.69 bits per heavy atom. The van der Waals surface area contributed by atoms with E-state index in [1.807, 2.05) is 0 Å². The topological polar surface area (TPSA) is 93.1 Å². The number of hydrogen-bond donors (Lipinski definition) is 2. The maximum atomic E-state index is 9.92. The summed E-state index contributed by atoms with van der Waals surface area (Å²) in [5.74, 6) is -1.16. The Morgan fingerprint density at radius 1 is 1.00 bits per heavy atom. The summed E-state index contributed by atoms with van der Waals surface area (Å²) in [6, 6.07) is 0. The number of rotatable bonds is 6. The Balaban J connectivity index is 0.000000288. The number of carbonyl (C=O) groups excluding carboxylic acids is 2. The molecule has 0 amide bonds. The van der Waals surface area contributed by atoms with Crippen molar-refractivity contribution in [3.05, 3.63) is 12.2 Å². The van der Waals surface area contributed by atoms with Gasteiger partial charge in [0.1, 0.15) is 0 Å². The van der Waals surface area contributed by atoms with Crippen LogP contribution in [0.5, 0.6) is 0 Å². The highest BCUT2D eigenvalue weighted by Gasteiger charge is 2.10. The molecule has 0 aromatic rings. The highest BCUT2D eigenvalue weighted by Crippen LogP contribution is 1.92. The predicted molar refractivity (Wildman–Crippen MR) is 54.5 cm³/mol. The normalized spacial score (nSPS) is 13.4. The fourth-order valence-corrected chi connectivity index (χ4v) is 0.739. The van der Waals surface area contributed by atoms with Gasteiger partial charge < -0.3 is 19.7 Å². The minimum Gasteiger partial charge on any atom is -0.396 e. The number of ether oxygens (including phenoxy) is 2. The molecule has 0 bridgehead atoms. The molecule has 0 radical (unpaired) electrons. The first-order valence-corrected chi connectivity index (χ1v) is 4.94. The summed E-state index contributed by atoms with van der Waals surface area (Å²) in [7, 11) is 0. The van der Waals surface area contributed by atoms with Gasteiger partial charge in [0.2, 0.25) is 0 Å². The molecule has 6 heteroatoms. The first kappa shape index (κ1) is 14.8. The van der Waals surface area contributed by atoms with Crippen LogP contribution < -0.4 is 0 Å². The van der Waals surface area contributed by atoms with E-state index in [1.54, 1.807) is 0 Å². The van der Waals surface area contributed by atoms with Gasteiger partial charge in [-0.25, -0.2) is 9.59 Å². The molecule has 0 atom stereocenters. The molecule has 1 rings (SSSR count). The lowest BCUT2D eigenvalue weighted by Crippen LogP contribution is -2.00. The molecule has 0 saturated heterocycles. The van der Waals surface area contributed by atoms with Crippen LogP contribution in [0.15, 0.2) is 12.2 Å². The summed E-state index contributed by atoms with van der Waals surface area (Å²) in [5, 5.41) is 16.6. The SMILES string of the molecule is O=C1C=CC(=O)O1.OCCCOCCCO. The van der Waals surface area contributed by atoms with E-state index in [4.69, 9.17) is 14.9 Å². The second kappa shape index (κ2) is 10.3. The Labute approximate surface area is 93.5 Å². The second-order valence-corrected chi connectivity index (χ2v) is 2.84. The van der Waals surface area contributed by atoms with Crippen LogP contribution in [0.2, 0.25) is 0 Å². The maximum Gasteiger partial charge on any atom is 0.338 e. The van der Waals surface area contributed by atoms with Crippen LogP contribution >= 0.6 is 0 Å². The monoisotopic (exact) mass is 232 g/mol. The number of hydrogen-bond acceptors (Lipinski definition) is 6. The Kier molecular flexibility index (Phi) is 9.49. The van der Waals surface area contributed by atoms with Crippen molar-refractivity contribution >= 4 is 11.9 Å². The van der Waals surface area contributed by atoms with E-state index >= 15 is 0 Å². The average molecular weight is 232 g/mol. The van der Waals surface area contributed by atoms with Crippen molar-refractivity contribution in [2.45, 2.75) is 12.8 Å². The van der Waals surface area contributed by atoms with Crippen LogP contribution in [0.4, 0.5) is 0 Å². The molecule has 2 N–H and O–H groups in total. The van der Waals surface area contributed by atoms with Gasteiger partial charge in [-0.2, -0.15) is 0 Å². The van der Waals surface area contributed by atoms with Crippen molar-refractivity contribution in [3.63, 3.8) is 0 Å². The first-order chi connectivity index (χ1) is 7.70. The Morgan fingerprint density at radius 2 is 1.44 bits per heavy atom. The van der Waals surface area contributed by atoms with Crippen molar-refractivity contribution in [1.82, 2.24) is 0 Å². The lowest BCUT2D eigenvalue weighted by molar-refractivity contribution is -0.150. The zero-order chi connectivity index (χ0) is 12.2. The molecule has 6 nitrogen and oxygen atoms in total. The van der Waals surface area contributed by atoms with Gasteiger partial charge in [0.25, 0.3) is 0 Å². The van der Waals surface area contributed by atoms with Crippen LogP contribution in [-0.2, 0) is 19.1 Å². The molecular weight excluding hydrogens is 216 g/mol. The Hall–Kier alpha value is -1.24. The number of esters is 2. The zero-order valence-corrected chi connectivity index (χ0v) is 8.92. The standard InChI is InChI=1S/C6H14O3.C4H2O3/c7-3-1-5-9-6-2-4-8;5-3-1-2-4(6)7-3/h7-8H,1-6H2;1-2H. The van der Waals surface area contributed by atoms with Crippen LogP contribution in [0.3, 0.4) is 0 Å². The van der Waals surface area contributed by atoms with Gasteiger partial charge in [0.05, 0.1) is 0 Å². The van der Waals surface area contributed by atoms with E-state index < -0.39 is 11.9 Å². The van der Waals surface area contributed by atoms with Crippen molar-refractivity contribution in [2.75, 3.05) is 26.4 Å². The molecule has 0 saturated carbocycles. The molecule has 16 heavy (non-hydrogen) atoms. The fourth-order valence-electron chi connectivity index (χ4n) is 0.739. The summed E-state index contributed by atoms with van der Waals surface area (Å²) in [5.41, 5.74) is 0. The number of aliphatic hydroxyl groups is 2. The van der Waals surface area contributed by atoms with Crippen LogP contribution in [-0.4, -0.2) is 48.6 Å². The van der Waals surface area contributed by atoms with Gasteiger partial charge in [0, 0.05) is 38.6 Å². The average Bonchev–Trinajstić information content (AvgIpc) is 2.63. The van der Waals surface area contributed by atoms with Crippen molar-refractivity contribution in [2.24, 2.45) is 0 Å². The smallest absolute Gasteiger partial charge is 0.338 e. The van der Waals surface area contributed by atoms with Gasteiger partial charge in [0.15, 0.2) is 0 Å². The number of cyclic esters (lactones) is 2. The lowest BCUT2D eigenvalue weighted by atomic mass is 10.5. The van der Waals surface area contributed by atoms with Crippen molar-refractivity contribution in [3.8, 4) is 0 Å². The summed E-state index contributed by atoms with van der Waals surface area (Å²) in [6.07, 6.45) is 3.54. The summed E-state index contributed by atoms with van der Waals surface area (Å²) < 4.78 is 8.97. The highest BCUT2D eigenvalue weighted by atomic mass is 16.6. The van der Waals surface area contributed by atoms with Crippen LogP contribution in [0.25, 0.3) is 0 Å². The quantitative estimate of drug-likeness (QED) is 0.360. The van der Waals surface area contributed by atoms with E-state index in [0.29, 0.717) is 26.1 Å². The second-order valence-electron chi connectivity index (χ2n) is 2.84. The molecule has 92 valence electrons. The molecule has 1 aliphatic rings. The summed E-state index contributed by atoms with van der Waals surface area (Å²) in [4.78, 5) is 19.8. The molecule has 0 aromatic heterocycles. The van der Waals surface area contributed by atoms with E-state index in [2.05, 4.69) is 4.74 Å². The molecule has 0 aliphatic carbocycles. The summed E-state index contributed by atoms with van der Waals surface area (Å²) >= 11 is 0. The Bertz CT molecular complexity index is 213. The zero-order valence-electron chi connectivity index (χ0n) is 8.92. The van der Waals surface area contributed by atoms with Crippen LogP contribution in [0.1, 0.15) is 12.8 Å². The van der Waals surface area contributed by atoms with E-state index in [1.165, 1.54) is 0 Å². The third kappa shape index (κ3) is 9.32. The third-order valence-electron chi connectivity index (χ3n) is 1.45. The molecule has 1 aliphatic heterocycles. The van der Waals surface area contributed by atoms with Crippen LogP contribution in [0, 0.1) is 0 Å². The van der Waals surface area contributed by atoms with E-state index in [0.717, 1.165) is 12.2 Å². The minimum atomic E-state index is -0.579. The first-order valence-electron chi connectivity index (χ1n) is 4.94. The number of aliphatic hydroxyl groups excluding tert-OH is 2. The predicted octanol–water partition coefficient (Wildman–Crippen LogP) is -0.606. The molecular formula is C10H16O6.